The van der Waals surface area contributed by atoms with Crippen molar-refractivity contribution in [3.8, 4) is 0 Å². The Labute approximate surface area is 96.0 Å². The lowest BCUT2D eigenvalue weighted by molar-refractivity contribution is 1.58. The highest BCUT2D eigenvalue weighted by Crippen LogP contribution is 2.37. The normalized spacial score (nSPS) is 13.4. The van der Waals surface area contributed by atoms with Gasteiger partial charge in [0.25, 0.3) is 0 Å². The van der Waals surface area contributed by atoms with E-state index >= 15 is 0 Å². The Morgan fingerprint density at radius 1 is 1.14 bits per heavy atom. The molecule has 0 unspecified atom stereocenters. The largest absolute Gasteiger partial charge is 0.252 e. The van der Waals surface area contributed by atoms with Gasteiger partial charge in [-0.05, 0) is 47.0 Å². The van der Waals surface area contributed by atoms with E-state index in [2.05, 4.69) is 64.8 Å². The molecule has 0 amide bonds. The van der Waals surface area contributed by atoms with Crippen molar-refractivity contribution in [2.24, 2.45) is 4.99 Å². The number of hydrogen-bond acceptors (Lipinski definition) is 1. The van der Waals surface area contributed by atoms with Gasteiger partial charge in [0.2, 0.25) is 0 Å². The molecule has 1 aliphatic heterocycles. The van der Waals surface area contributed by atoms with E-state index in [0.717, 1.165) is 11.4 Å². The van der Waals surface area contributed by atoms with Gasteiger partial charge in [-0.25, -0.2) is 0 Å². The van der Waals surface area contributed by atoms with Gasteiger partial charge in [0.1, 0.15) is 0 Å². The van der Waals surface area contributed by atoms with Crippen molar-refractivity contribution in [3.63, 3.8) is 0 Å². The highest BCUT2D eigenvalue weighted by atomic mass is 127. The van der Waals surface area contributed by atoms with Crippen LogP contribution in [-0.4, -0.2) is 5.71 Å². The standard InChI is InChI=1S/C12H8IN/c1-7-8-3-2-4-9-10(13)5-6-11(14-7)12(8)9/h2-6H,1H3. The number of halogens is 1. The molecule has 0 saturated heterocycles. The van der Waals surface area contributed by atoms with Crippen LogP contribution >= 0.6 is 22.6 Å². The average Bonchev–Trinajstić information content (AvgIpc) is 2.52. The van der Waals surface area contributed by atoms with Gasteiger partial charge in [-0.2, -0.15) is 0 Å². The summed E-state index contributed by atoms with van der Waals surface area (Å²) in [6.07, 6.45) is 0. The molecule has 14 heavy (non-hydrogen) atoms. The maximum Gasteiger partial charge on any atom is 0.0718 e. The maximum absolute atomic E-state index is 4.55. The Morgan fingerprint density at radius 3 is 2.86 bits per heavy atom. The van der Waals surface area contributed by atoms with Crippen LogP contribution in [0.15, 0.2) is 35.3 Å². The zero-order valence-electron chi connectivity index (χ0n) is 7.71. The molecule has 1 aliphatic rings. The number of rotatable bonds is 0. The third-order valence-corrected chi connectivity index (χ3v) is 3.58. The first-order valence-corrected chi connectivity index (χ1v) is 5.62. The molecule has 0 aliphatic carbocycles. The van der Waals surface area contributed by atoms with E-state index in [1.807, 2.05) is 0 Å². The zero-order valence-corrected chi connectivity index (χ0v) is 9.87. The van der Waals surface area contributed by atoms with E-state index in [-0.39, 0.29) is 0 Å². The summed E-state index contributed by atoms with van der Waals surface area (Å²) < 4.78 is 1.30. The number of benzene rings is 2. The van der Waals surface area contributed by atoms with Crippen molar-refractivity contribution >= 4 is 44.8 Å². The summed E-state index contributed by atoms with van der Waals surface area (Å²) in [4.78, 5) is 4.55. The summed E-state index contributed by atoms with van der Waals surface area (Å²) in [6.45, 7) is 2.07. The van der Waals surface area contributed by atoms with Crippen LogP contribution in [0.5, 0.6) is 0 Å². The SMILES string of the molecule is CC1=Nc2ccc(I)c3cccc1c23. The van der Waals surface area contributed by atoms with Crippen LogP contribution in [0.2, 0.25) is 0 Å². The Hall–Kier alpha value is -0.900. The fraction of sp³-hybridized carbons (Fsp3) is 0.0833. The quantitative estimate of drug-likeness (QED) is 0.653. The maximum atomic E-state index is 4.55. The number of aliphatic imine (C=N–C) groups is 1. The summed E-state index contributed by atoms with van der Waals surface area (Å²) in [5, 5.41) is 2.64. The minimum absolute atomic E-state index is 1.12. The van der Waals surface area contributed by atoms with Crippen molar-refractivity contribution in [1.82, 2.24) is 0 Å². The zero-order chi connectivity index (χ0) is 9.71. The van der Waals surface area contributed by atoms with Crippen LogP contribution in [0.3, 0.4) is 0 Å². The lowest BCUT2D eigenvalue weighted by Crippen LogP contribution is -1.89. The van der Waals surface area contributed by atoms with Crippen molar-refractivity contribution in [1.29, 1.82) is 0 Å². The molecule has 1 nitrogen and oxygen atoms in total. The molecule has 2 heteroatoms. The third-order valence-electron chi connectivity index (χ3n) is 2.64. The van der Waals surface area contributed by atoms with Crippen molar-refractivity contribution in [2.75, 3.05) is 0 Å². The second kappa shape index (κ2) is 2.79. The van der Waals surface area contributed by atoms with E-state index in [9.17, 15) is 0 Å². The summed E-state index contributed by atoms with van der Waals surface area (Å²) in [5.74, 6) is 0. The topological polar surface area (TPSA) is 12.4 Å². The van der Waals surface area contributed by atoms with Gasteiger partial charge in [-0.15, -0.1) is 0 Å². The summed E-state index contributed by atoms with van der Waals surface area (Å²) in [7, 11) is 0. The first-order valence-electron chi connectivity index (χ1n) is 4.54. The molecule has 0 aromatic heterocycles. The molecule has 3 rings (SSSR count). The minimum Gasteiger partial charge on any atom is -0.252 e. The molecule has 68 valence electrons. The molecular weight excluding hydrogens is 285 g/mol. The molecule has 1 heterocycles. The van der Waals surface area contributed by atoms with Crippen LogP contribution in [0.25, 0.3) is 10.8 Å². The highest BCUT2D eigenvalue weighted by molar-refractivity contribution is 14.1. The van der Waals surface area contributed by atoms with E-state index in [0.29, 0.717) is 0 Å². The Morgan fingerprint density at radius 2 is 2.00 bits per heavy atom. The molecular formula is C12H8IN. The molecule has 0 saturated carbocycles. The van der Waals surface area contributed by atoms with Crippen molar-refractivity contribution in [3.05, 3.63) is 39.5 Å². The first kappa shape index (κ1) is 8.41. The van der Waals surface area contributed by atoms with Crippen LogP contribution in [0.4, 0.5) is 5.69 Å². The smallest absolute Gasteiger partial charge is 0.0718 e. The highest BCUT2D eigenvalue weighted by Gasteiger charge is 2.15. The summed E-state index contributed by atoms with van der Waals surface area (Å²) in [6, 6.07) is 10.6. The molecule has 0 bridgehead atoms. The average molecular weight is 293 g/mol. The molecule has 0 radical (unpaired) electrons. The predicted molar refractivity (Wildman–Crippen MR) is 68.5 cm³/mol. The van der Waals surface area contributed by atoms with Crippen molar-refractivity contribution in [2.45, 2.75) is 6.92 Å². The fourth-order valence-electron chi connectivity index (χ4n) is 1.99. The molecule has 2 aromatic rings. The third kappa shape index (κ3) is 0.974. The summed E-state index contributed by atoms with van der Waals surface area (Å²) >= 11 is 2.38. The van der Waals surface area contributed by atoms with E-state index in [4.69, 9.17) is 0 Å². The molecule has 0 N–H and O–H groups in total. The van der Waals surface area contributed by atoms with Gasteiger partial charge < -0.3 is 0 Å². The van der Waals surface area contributed by atoms with Crippen molar-refractivity contribution < 1.29 is 0 Å². The minimum atomic E-state index is 1.12. The Kier molecular flexibility index (Phi) is 1.68. The lowest BCUT2D eigenvalue weighted by atomic mass is 10.0. The van der Waals surface area contributed by atoms with Gasteiger partial charge >= 0.3 is 0 Å². The van der Waals surface area contributed by atoms with Crippen LogP contribution in [0.1, 0.15) is 12.5 Å². The predicted octanol–water partition coefficient (Wildman–Crippen LogP) is 3.90. The monoisotopic (exact) mass is 293 g/mol. The molecule has 0 atom stereocenters. The van der Waals surface area contributed by atoms with E-state index in [1.54, 1.807) is 0 Å². The van der Waals surface area contributed by atoms with Crippen LogP contribution < -0.4 is 0 Å². The van der Waals surface area contributed by atoms with E-state index < -0.39 is 0 Å². The Balaban J connectivity index is 2.59. The second-order valence-electron chi connectivity index (χ2n) is 3.49. The number of hydrogen-bond donors (Lipinski definition) is 0. The van der Waals surface area contributed by atoms with Gasteiger partial charge in [0.15, 0.2) is 0 Å². The van der Waals surface area contributed by atoms with E-state index in [1.165, 1.54) is 19.9 Å². The van der Waals surface area contributed by atoms with Gasteiger partial charge in [-0.3, -0.25) is 4.99 Å². The first-order chi connectivity index (χ1) is 6.77. The van der Waals surface area contributed by atoms with Gasteiger partial charge in [-0.1, -0.05) is 18.2 Å². The fourth-order valence-corrected chi connectivity index (χ4v) is 2.62. The molecule has 0 spiro atoms. The van der Waals surface area contributed by atoms with Crippen LogP contribution in [-0.2, 0) is 0 Å². The lowest BCUT2D eigenvalue weighted by Gasteiger charge is -2.02. The molecule has 2 aromatic carbocycles. The van der Waals surface area contributed by atoms with Gasteiger partial charge in [0, 0.05) is 20.2 Å². The van der Waals surface area contributed by atoms with Gasteiger partial charge in [0.05, 0.1) is 5.69 Å². The molecule has 0 fully saturated rings. The summed E-state index contributed by atoms with van der Waals surface area (Å²) in [5.41, 5.74) is 3.54. The Bertz CT molecular complexity index is 570. The number of nitrogens with zero attached hydrogens (tertiary/aromatic N) is 1. The van der Waals surface area contributed by atoms with Crippen LogP contribution in [0, 0.1) is 3.57 Å². The second-order valence-corrected chi connectivity index (χ2v) is 4.65.